The van der Waals surface area contributed by atoms with E-state index in [2.05, 4.69) is 16.6 Å². The first kappa shape index (κ1) is 19.9. The van der Waals surface area contributed by atoms with Crippen LogP contribution in [0.3, 0.4) is 0 Å². The molecular formula is C22H21ClN4O3. The van der Waals surface area contributed by atoms with Crippen LogP contribution in [0.4, 0.5) is 0 Å². The van der Waals surface area contributed by atoms with Crippen molar-refractivity contribution in [2.45, 2.75) is 25.7 Å². The van der Waals surface area contributed by atoms with Gasteiger partial charge < -0.3 is 19.9 Å². The van der Waals surface area contributed by atoms with Gasteiger partial charge in [-0.15, -0.1) is 0 Å². The summed E-state index contributed by atoms with van der Waals surface area (Å²) in [5, 5.41) is 14.6. The zero-order valence-electron chi connectivity index (χ0n) is 16.6. The smallest absolute Gasteiger partial charge is 0.201 e. The molecule has 8 heteroatoms. The van der Waals surface area contributed by atoms with Crippen molar-refractivity contribution < 1.29 is 14.2 Å². The van der Waals surface area contributed by atoms with E-state index in [1.807, 2.05) is 37.3 Å². The van der Waals surface area contributed by atoms with Crippen molar-refractivity contribution in [1.29, 1.82) is 5.26 Å². The lowest BCUT2D eigenvalue weighted by Crippen LogP contribution is -2.41. The van der Waals surface area contributed by atoms with E-state index in [9.17, 15) is 5.26 Å². The van der Waals surface area contributed by atoms with Crippen LogP contribution in [0.5, 0.6) is 11.5 Å². The summed E-state index contributed by atoms with van der Waals surface area (Å²) in [5.74, 6) is 1.04. The standard InChI is InChI=1S/C22H21ClN4O3/c1-12-19-20(17(10-24)21(25)30-22(19)27-26-12)13-6-7-18(28-2)14(8-13)11-29-16-5-3-4-15(23)9-16/h3-9,19-20,22,27H,11,25H2,1-2H3/t19-,20-,22-/m1/s1. The third kappa shape index (κ3) is 3.62. The second-order valence-electron chi connectivity index (χ2n) is 7.13. The molecule has 0 aromatic heterocycles. The molecule has 0 saturated heterocycles. The van der Waals surface area contributed by atoms with Crippen molar-refractivity contribution in [2.24, 2.45) is 16.8 Å². The fourth-order valence-corrected chi connectivity index (χ4v) is 4.09. The number of allylic oxidation sites excluding steroid dienone is 1. The zero-order chi connectivity index (χ0) is 21.3. The summed E-state index contributed by atoms with van der Waals surface area (Å²) in [6.45, 7) is 2.19. The average molecular weight is 425 g/mol. The van der Waals surface area contributed by atoms with Gasteiger partial charge >= 0.3 is 0 Å². The lowest BCUT2D eigenvalue weighted by atomic mass is 9.76. The molecule has 3 atom stereocenters. The minimum Gasteiger partial charge on any atom is -0.496 e. The topological polar surface area (TPSA) is 102 Å². The number of hydrogen-bond donors (Lipinski definition) is 2. The predicted octanol–water partition coefficient (Wildman–Crippen LogP) is 3.66. The maximum atomic E-state index is 9.76. The number of fused-ring (bicyclic) bond motifs is 1. The van der Waals surface area contributed by atoms with Gasteiger partial charge in [0, 0.05) is 22.2 Å². The molecule has 0 fully saturated rings. The van der Waals surface area contributed by atoms with E-state index in [0.29, 0.717) is 22.1 Å². The van der Waals surface area contributed by atoms with Crippen LogP contribution in [0.15, 0.2) is 59.0 Å². The van der Waals surface area contributed by atoms with Crippen LogP contribution in [-0.2, 0) is 11.3 Å². The quantitative estimate of drug-likeness (QED) is 0.759. The Morgan fingerprint density at radius 3 is 2.87 bits per heavy atom. The molecule has 3 N–H and O–H groups in total. The molecule has 0 unspecified atom stereocenters. The Kier molecular flexibility index (Phi) is 5.42. The van der Waals surface area contributed by atoms with E-state index in [4.69, 9.17) is 31.5 Å². The van der Waals surface area contributed by atoms with Gasteiger partial charge in [0.15, 0.2) is 6.23 Å². The van der Waals surface area contributed by atoms with Gasteiger partial charge in [-0.2, -0.15) is 10.4 Å². The van der Waals surface area contributed by atoms with Crippen molar-refractivity contribution in [3.63, 3.8) is 0 Å². The Bertz CT molecular complexity index is 1080. The van der Waals surface area contributed by atoms with Crippen LogP contribution in [0, 0.1) is 17.2 Å². The molecule has 0 amide bonds. The average Bonchev–Trinajstić information content (AvgIpc) is 3.11. The number of rotatable bonds is 5. The SMILES string of the molecule is COc1ccc([C@@H]2C(C#N)=C(N)O[C@H]3NN=C(C)[C@@H]32)cc1COc1cccc(Cl)c1. The lowest BCUT2D eigenvalue weighted by Gasteiger charge is -2.34. The van der Waals surface area contributed by atoms with Crippen LogP contribution in [-0.4, -0.2) is 19.0 Å². The summed E-state index contributed by atoms with van der Waals surface area (Å²) >= 11 is 6.04. The van der Waals surface area contributed by atoms with Gasteiger partial charge in [-0.25, -0.2) is 0 Å². The fourth-order valence-electron chi connectivity index (χ4n) is 3.91. The van der Waals surface area contributed by atoms with Gasteiger partial charge in [-0.3, -0.25) is 5.43 Å². The van der Waals surface area contributed by atoms with Crippen molar-refractivity contribution in [3.05, 3.63) is 70.1 Å². The van der Waals surface area contributed by atoms with Gasteiger partial charge in [0.25, 0.3) is 0 Å². The van der Waals surface area contributed by atoms with Crippen LogP contribution < -0.4 is 20.6 Å². The number of benzene rings is 2. The number of hydrogen-bond acceptors (Lipinski definition) is 7. The summed E-state index contributed by atoms with van der Waals surface area (Å²) in [6, 6.07) is 15.2. The number of halogens is 1. The number of nitrogens with zero attached hydrogens (tertiary/aromatic N) is 2. The Morgan fingerprint density at radius 2 is 2.13 bits per heavy atom. The number of nitrogens with one attached hydrogen (secondary N) is 1. The summed E-state index contributed by atoms with van der Waals surface area (Å²) in [6.07, 6.45) is -0.402. The van der Waals surface area contributed by atoms with Gasteiger partial charge in [-0.1, -0.05) is 23.7 Å². The Balaban J connectivity index is 1.70. The first-order valence-corrected chi connectivity index (χ1v) is 9.81. The molecule has 154 valence electrons. The predicted molar refractivity (Wildman–Crippen MR) is 113 cm³/mol. The van der Waals surface area contributed by atoms with Gasteiger partial charge in [0.05, 0.1) is 18.6 Å². The molecule has 2 aliphatic heterocycles. The summed E-state index contributed by atoms with van der Waals surface area (Å²) in [5.41, 5.74) is 12.0. The molecule has 2 aliphatic rings. The summed E-state index contributed by atoms with van der Waals surface area (Å²) < 4.78 is 17.1. The van der Waals surface area contributed by atoms with Crippen molar-refractivity contribution in [2.75, 3.05) is 7.11 Å². The minimum absolute atomic E-state index is 0.119. The van der Waals surface area contributed by atoms with E-state index >= 15 is 0 Å². The number of methoxy groups -OCH3 is 1. The molecule has 30 heavy (non-hydrogen) atoms. The molecule has 0 bridgehead atoms. The first-order valence-electron chi connectivity index (χ1n) is 9.43. The molecule has 0 aliphatic carbocycles. The largest absolute Gasteiger partial charge is 0.496 e. The number of nitrogens with two attached hydrogens (primary N) is 1. The first-order chi connectivity index (χ1) is 14.5. The molecule has 0 radical (unpaired) electrons. The Labute approximate surface area is 179 Å². The van der Waals surface area contributed by atoms with Gasteiger partial charge in [-0.05, 0) is 42.8 Å². The highest BCUT2D eigenvalue weighted by atomic mass is 35.5. The maximum absolute atomic E-state index is 9.76. The van der Waals surface area contributed by atoms with E-state index < -0.39 is 6.23 Å². The highest BCUT2D eigenvalue weighted by molar-refractivity contribution is 6.30. The second kappa shape index (κ2) is 8.17. The molecule has 2 heterocycles. The lowest BCUT2D eigenvalue weighted by molar-refractivity contribution is 0.0454. The maximum Gasteiger partial charge on any atom is 0.201 e. The monoisotopic (exact) mass is 424 g/mol. The van der Waals surface area contributed by atoms with Crippen LogP contribution >= 0.6 is 11.6 Å². The van der Waals surface area contributed by atoms with Crippen LogP contribution in [0.25, 0.3) is 0 Å². The molecule has 0 saturated carbocycles. The van der Waals surface area contributed by atoms with Crippen LogP contribution in [0.2, 0.25) is 5.02 Å². The molecule has 2 aromatic carbocycles. The van der Waals surface area contributed by atoms with Crippen molar-refractivity contribution >= 4 is 17.3 Å². The number of nitriles is 1. The molecule has 0 spiro atoms. The second-order valence-corrected chi connectivity index (χ2v) is 7.57. The molecule has 4 rings (SSSR count). The molecule has 7 nitrogen and oxygen atoms in total. The fraction of sp³-hybridized carbons (Fsp3) is 0.273. The molecule has 2 aromatic rings. The highest BCUT2D eigenvalue weighted by Gasteiger charge is 2.45. The van der Waals surface area contributed by atoms with Gasteiger partial charge in [0.1, 0.15) is 24.2 Å². The Morgan fingerprint density at radius 1 is 1.30 bits per heavy atom. The molecular weight excluding hydrogens is 404 g/mol. The highest BCUT2D eigenvalue weighted by Crippen LogP contribution is 2.42. The van der Waals surface area contributed by atoms with E-state index in [1.165, 1.54) is 0 Å². The normalized spacial score (nSPS) is 22.3. The van der Waals surface area contributed by atoms with E-state index in [0.717, 1.165) is 16.8 Å². The van der Waals surface area contributed by atoms with E-state index in [1.54, 1.807) is 19.2 Å². The minimum atomic E-state index is -0.402. The third-order valence-corrected chi connectivity index (χ3v) is 5.58. The zero-order valence-corrected chi connectivity index (χ0v) is 17.3. The third-order valence-electron chi connectivity index (χ3n) is 5.34. The van der Waals surface area contributed by atoms with Gasteiger partial charge in [0.2, 0.25) is 5.88 Å². The van der Waals surface area contributed by atoms with Crippen molar-refractivity contribution in [1.82, 2.24) is 5.43 Å². The van der Waals surface area contributed by atoms with Crippen molar-refractivity contribution in [3.8, 4) is 17.6 Å². The summed E-state index contributed by atoms with van der Waals surface area (Å²) in [7, 11) is 1.61. The Hall–Kier alpha value is -3.37. The number of hydrazone groups is 1. The van der Waals surface area contributed by atoms with E-state index in [-0.39, 0.29) is 24.3 Å². The summed E-state index contributed by atoms with van der Waals surface area (Å²) in [4.78, 5) is 0. The van der Waals surface area contributed by atoms with Crippen LogP contribution in [0.1, 0.15) is 24.0 Å². The number of ether oxygens (including phenoxy) is 3.